The van der Waals surface area contributed by atoms with Gasteiger partial charge in [0.15, 0.2) is 0 Å². The molecule has 0 atom stereocenters. The molecule has 1 rings (SSSR count). The Morgan fingerprint density at radius 1 is 1.85 bits per heavy atom. The van der Waals surface area contributed by atoms with Gasteiger partial charge in [-0.15, -0.1) is 6.58 Å². The van der Waals surface area contributed by atoms with Crippen LogP contribution >= 0.6 is 0 Å². The number of hydrogen-bond donors (Lipinski definition) is 1. The van der Waals surface area contributed by atoms with Crippen molar-refractivity contribution in [1.82, 2.24) is 14.9 Å². The molecule has 1 aromatic heterocycles. The average Bonchev–Trinajstić information content (AvgIpc) is 2.52. The fourth-order valence-electron chi connectivity index (χ4n) is 0.908. The van der Waals surface area contributed by atoms with E-state index in [0.717, 1.165) is 6.42 Å². The second-order valence-electron chi connectivity index (χ2n) is 2.76. The van der Waals surface area contributed by atoms with Crippen molar-refractivity contribution in [3.63, 3.8) is 0 Å². The van der Waals surface area contributed by atoms with E-state index in [4.69, 9.17) is 0 Å². The van der Waals surface area contributed by atoms with Crippen LogP contribution in [-0.4, -0.2) is 22.0 Å². The fourth-order valence-corrected chi connectivity index (χ4v) is 0.908. The highest BCUT2D eigenvalue weighted by atomic mass is 16.1. The predicted octanol–water partition coefficient (Wildman–Crippen LogP) is 0.726. The number of aryl methyl sites for hydroxylation is 1. The molecule has 70 valence electrons. The third-order valence-corrected chi connectivity index (χ3v) is 1.57. The number of carbonyl (C=O) groups is 1. The highest BCUT2D eigenvalue weighted by Gasteiger charge is 2.06. The zero-order valence-electron chi connectivity index (χ0n) is 7.66. The molecule has 4 nitrogen and oxygen atoms in total. The largest absolute Gasteiger partial charge is 0.350 e. The lowest BCUT2D eigenvalue weighted by atomic mass is 10.4. The Hall–Kier alpha value is -1.58. The maximum Gasteiger partial charge on any atom is 0.271 e. The van der Waals surface area contributed by atoms with Crippen LogP contribution in [-0.2, 0) is 7.05 Å². The molecule has 0 saturated carbocycles. The third kappa shape index (κ3) is 2.74. The fraction of sp³-hybridized carbons (Fsp3) is 0.333. The Morgan fingerprint density at radius 2 is 2.62 bits per heavy atom. The summed E-state index contributed by atoms with van der Waals surface area (Å²) in [5.74, 6) is -0.137. The summed E-state index contributed by atoms with van der Waals surface area (Å²) >= 11 is 0. The first-order valence-corrected chi connectivity index (χ1v) is 4.11. The summed E-state index contributed by atoms with van der Waals surface area (Å²) < 4.78 is 1.74. The summed E-state index contributed by atoms with van der Waals surface area (Å²) in [6, 6.07) is 0. The Kier molecular flexibility index (Phi) is 3.25. The smallest absolute Gasteiger partial charge is 0.271 e. The first-order chi connectivity index (χ1) is 6.24. The number of nitrogens with zero attached hydrogens (tertiary/aromatic N) is 2. The summed E-state index contributed by atoms with van der Waals surface area (Å²) in [7, 11) is 1.83. The molecule has 1 N–H and O–H groups in total. The van der Waals surface area contributed by atoms with Gasteiger partial charge < -0.3 is 9.88 Å². The van der Waals surface area contributed by atoms with Crippen molar-refractivity contribution in [2.75, 3.05) is 6.54 Å². The van der Waals surface area contributed by atoms with E-state index in [1.54, 1.807) is 23.2 Å². The minimum atomic E-state index is -0.137. The molecule has 13 heavy (non-hydrogen) atoms. The van der Waals surface area contributed by atoms with Gasteiger partial charge in [-0.1, -0.05) is 6.08 Å². The molecule has 1 aromatic rings. The van der Waals surface area contributed by atoms with Gasteiger partial charge in [-0.3, -0.25) is 4.79 Å². The Labute approximate surface area is 77.3 Å². The van der Waals surface area contributed by atoms with E-state index in [9.17, 15) is 4.79 Å². The number of amides is 1. The molecule has 0 spiro atoms. The van der Waals surface area contributed by atoms with E-state index in [0.29, 0.717) is 12.2 Å². The van der Waals surface area contributed by atoms with Crippen LogP contribution in [0.4, 0.5) is 0 Å². The van der Waals surface area contributed by atoms with E-state index >= 15 is 0 Å². The van der Waals surface area contributed by atoms with Crippen LogP contribution in [0, 0.1) is 0 Å². The number of hydrogen-bond acceptors (Lipinski definition) is 2. The molecule has 0 aliphatic heterocycles. The highest BCUT2D eigenvalue weighted by Crippen LogP contribution is 1.93. The summed E-state index contributed by atoms with van der Waals surface area (Å²) in [5.41, 5.74) is 0.451. The zero-order valence-corrected chi connectivity index (χ0v) is 7.66. The van der Waals surface area contributed by atoms with Gasteiger partial charge in [0.25, 0.3) is 5.91 Å². The summed E-state index contributed by atoms with van der Waals surface area (Å²) in [6.45, 7) is 4.17. The molecular weight excluding hydrogens is 166 g/mol. The van der Waals surface area contributed by atoms with Crippen molar-refractivity contribution in [1.29, 1.82) is 0 Å². The van der Waals surface area contributed by atoms with Crippen molar-refractivity contribution < 1.29 is 4.79 Å². The second-order valence-corrected chi connectivity index (χ2v) is 2.76. The van der Waals surface area contributed by atoms with E-state index in [2.05, 4.69) is 16.9 Å². The van der Waals surface area contributed by atoms with Crippen LogP contribution in [0.15, 0.2) is 25.2 Å². The lowest BCUT2D eigenvalue weighted by Crippen LogP contribution is -2.24. The van der Waals surface area contributed by atoms with Gasteiger partial charge in [0.05, 0.1) is 6.33 Å². The summed E-state index contributed by atoms with van der Waals surface area (Å²) in [5, 5.41) is 2.73. The number of aromatic nitrogens is 2. The molecule has 4 heteroatoms. The van der Waals surface area contributed by atoms with Gasteiger partial charge >= 0.3 is 0 Å². The molecule has 1 amide bonds. The second kappa shape index (κ2) is 4.45. The molecule has 1 heterocycles. The van der Waals surface area contributed by atoms with Gasteiger partial charge in [-0.05, 0) is 6.42 Å². The highest BCUT2D eigenvalue weighted by molar-refractivity contribution is 5.91. The third-order valence-electron chi connectivity index (χ3n) is 1.57. The monoisotopic (exact) mass is 179 g/mol. The molecule has 0 unspecified atom stereocenters. The van der Waals surface area contributed by atoms with Crippen molar-refractivity contribution in [3.05, 3.63) is 30.9 Å². The molecular formula is C9H13N3O. The quantitative estimate of drug-likeness (QED) is 0.547. The molecule has 0 aliphatic carbocycles. The lowest BCUT2D eigenvalue weighted by molar-refractivity contribution is 0.0950. The van der Waals surface area contributed by atoms with E-state index in [1.165, 1.54) is 0 Å². The van der Waals surface area contributed by atoms with E-state index in [-0.39, 0.29) is 5.91 Å². The van der Waals surface area contributed by atoms with Crippen molar-refractivity contribution in [3.8, 4) is 0 Å². The van der Waals surface area contributed by atoms with Crippen LogP contribution < -0.4 is 5.32 Å². The van der Waals surface area contributed by atoms with Crippen molar-refractivity contribution in [2.24, 2.45) is 7.05 Å². The predicted molar refractivity (Wildman–Crippen MR) is 50.4 cm³/mol. The molecule has 0 radical (unpaired) electrons. The SMILES string of the molecule is C=CCCNC(=O)c1cn(C)cn1. The topological polar surface area (TPSA) is 46.9 Å². The maximum absolute atomic E-state index is 11.3. The Bertz CT molecular complexity index is 304. The number of carbonyl (C=O) groups excluding carboxylic acids is 1. The minimum absolute atomic E-state index is 0.137. The van der Waals surface area contributed by atoms with Gasteiger partial charge in [0.2, 0.25) is 0 Å². The van der Waals surface area contributed by atoms with E-state index in [1.807, 2.05) is 7.05 Å². The summed E-state index contributed by atoms with van der Waals surface area (Å²) in [4.78, 5) is 15.2. The minimum Gasteiger partial charge on any atom is -0.350 e. The average molecular weight is 179 g/mol. The molecule has 0 fully saturated rings. The zero-order chi connectivity index (χ0) is 9.68. The number of imidazole rings is 1. The maximum atomic E-state index is 11.3. The first kappa shape index (κ1) is 9.51. The van der Waals surface area contributed by atoms with Crippen molar-refractivity contribution >= 4 is 5.91 Å². The first-order valence-electron chi connectivity index (χ1n) is 4.11. The molecule has 0 aromatic carbocycles. The van der Waals surface area contributed by atoms with Crippen LogP contribution in [0.1, 0.15) is 16.9 Å². The van der Waals surface area contributed by atoms with Crippen LogP contribution in [0.3, 0.4) is 0 Å². The van der Waals surface area contributed by atoms with Gasteiger partial charge in [-0.2, -0.15) is 0 Å². The van der Waals surface area contributed by atoms with Gasteiger partial charge in [0.1, 0.15) is 5.69 Å². The number of nitrogens with one attached hydrogen (secondary N) is 1. The Morgan fingerprint density at radius 3 is 3.15 bits per heavy atom. The van der Waals surface area contributed by atoms with Crippen molar-refractivity contribution in [2.45, 2.75) is 6.42 Å². The van der Waals surface area contributed by atoms with Crippen LogP contribution in [0.5, 0.6) is 0 Å². The summed E-state index contributed by atoms with van der Waals surface area (Å²) in [6.07, 6.45) is 5.82. The van der Waals surface area contributed by atoms with Crippen LogP contribution in [0.2, 0.25) is 0 Å². The van der Waals surface area contributed by atoms with Crippen LogP contribution in [0.25, 0.3) is 0 Å². The Balaban J connectivity index is 2.44. The van der Waals surface area contributed by atoms with Gasteiger partial charge in [0, 0.05) is 19.8 Å². The number of rotatable bonds is 4. The van der Waals surface area contributed by atoms with E-state index < -0.39 is 0 Å². The molecule has 0 aliphatic rings. The molecule has 0 bridgehead atoms. The molecule has 0 saturated heterocycles. The van der Waals surface area contributed by atoms with Gasteiger partial charge in [-0.25, -0.2) is 4.98 Å². The normalized spacial score (nSPS) is 9.62. The lowest BCUT2D eigenvalue weighted by Gasteiger charge is -1.98. The standard InChI is InChI=1S/C9H13N3O/c1-3-4-5-10-9(13)8-6-12(2)7-11-8/h3,6-7H,1,4-5H2,2H3,(H,10,13).